The van der Waals surface area contributed by atoms with E-state index in [1.54, 1.807) is 7.11 Å². The van der Waals surface area contributed by atoms with E-state index in [9.17, 15) is 4.79 Å². The predicted octanol–water partition coefficient (Wildman–Crippen LogP) is 3.39. The number of carbonyl (C=O) groups excluding carboxylic acids is 1. The third-order valence-corrected chi connectivity index (χ3v) is 5.13. The molecule has 0 aliphatic heterocycles. The van der Waals surface area contributed by atoms with Crippen LogP contribution in [0.1, 0.15) is 52.9 Å². The molecule has 1 aromatic heterocycles. The van der Waals surface area contributed by atoms with Crippen molar-refractivity contribution in [2.75, 3.05) is 7.11 Å². The third-order valence-electron chi connectivity index (χ3n) is 5.13. The second-order valence-corrected chi connectivity index (χ2v) is 6.76. The van der Waals surface area contributed by atoms with Crippen molar-refractivity contribution in [2.24, 2.45) is 0 Å². The lowest BCUT2D eigenvalue weighted by Gasteiger charge is -2.21. The second kappa shape index (κ2) is 5.93. The Morgan fingerprint density at radius 3 is 2.62 bits per heavy atom. The highest BCUT2D eigenvalue weighted by Crippen LogP contribution is 2.45. The minimum Gasteiger partial charge on any atom is -0.480 e. The van der Waals surface area contributed by atoms with Gasteiger partial charge in [0.1, 0.15) is 5.56 Å². The molecule has 2 aliphatic carbocycles. The first kappa shape index (κ1) is 15.2. The minimum atomic E-state index is -0.223. The van der Waals surface area contributed by atoms with Gasteiger partial charge in [-0.05, 0) is 55.7 Å². The van der Waals surface area contributed by atoms with E-state index < -0.39 is 0 Å². The van der Waals surface area contributed by atoms with E-state index in [1.807, 2.05) is 24.3 Å². The number of hydrogen-bond donors (Lipinski definition) is 1. The first-order chi connectivity index (χ1) is 11.7. The van der Waals surface area contributed by atoms with Crippen LogP contribution in [0.15, 0.2) is 36.4 Å². The fourth-order valence-electron chi connectivity index (χ4n) is 3.59. The number of rotatable bonds is 4. The first-order valence-electron chi connectivity index (χ1n) is 8.67. The Labute approximate surface area is 142 Å². The summed E-state index contributed by atoms with van der Waals surface area (Å²) in [7, 11) is 1.58. The van der Waals surface area contributed by atoms with Gasteiger partial charge in [0.25, 0.3) is 5.91 Å². The Balaban J connectivity index is 1.63. The molecule has 24 heavy (non-hydrogen) atoms. The van der Waals surface area contributed by atoms with Gasteiger partial charge in [-0.3, -0.25) is 4.79 Å². The molecule has 0 atom stereocenters. The Kier molecular flexibility index (Phi) is 3.75. The smallest absolute Gasteiger partial charge is 0.257 e. The van der Waals surface area contributed by atoms with Crippen LogP contribution in [0.5, 0.6) is 5.88 Å². The van der Waals surface area contributed by atoms with Gasteiger partial charge >= 0.3 is 0 Å². The Morgan fingerprint density at radius 2 is 1.92 bits per heavy atom. The second-order valence-electron chi connectivity index (χ2n) is 6.76. The van der Waals surface area contributed by atoms with Crippen LogP contribution in [0.25, 0.3) is 0 Å². The van der Waals surface area contributed by atoms with E-state index in [0.29, 0.717) is 11.4 Å². The average molecular weight is 322 g/mol. The molecule has 2 aromatic rings. The zero-order valence-electron chi connectivity index (χ0n) is 14.0. The molecule has 2 aliphatic rings. The largest absolute Gasteiger partial charge is 0.480 e. The highest BCUT2D eigenvalue weighted by atomic mass is 16.5. The molecule has 4 rings (SSSR count). The van der Waals surface area contributed by atoms with E-state index in [4.69, 9.17) is 4.74 Å². The topological polar surface area (TPSA) is 51.2 Å². The lowest BCUT2D eigenvalue weighted by atomic mass is 9.94. The molecule has 1 fully saturated rings. The quantitative estimate of drug-likeness (QED) is 0.939. The molecule has 0 radical (unpaired) electrons. The number of benzene rings is 1. The van der Waals surface area contributed by atoms with Crippen molar-refractivity contribution in [2.45, 2.75) is 44.1 Å². The van der Waals surface area contributed by atoms with Crippen molar-refractivity contribution in [1.29, 1.82) is 0 Å². The zero-order valence-corrected chi connectivity index (χ0v) is 14.0. The van der Waals surface area contributed by atoms with Crippen LogP contribution in [0.4, 0.5) is 0 Å². The molecule has 0 unspecified atom stereocenters. The number of aromatic nitrogens is 1. The number of aryl methyl sites for hydroxylation is 2. The van der Waals surface area contributed by atoms with Crippen LogP contribution in [-0.4, -0.2) is 18.0 Å². The predicted molar refractivity (Wildman–Crippen MR) is 92.3 cm³/mol. The summed E-state index contributed by atoms with van der Waals surface area (Å²) in [5.74, 6) is 0.353. The van der Waals surface area contributed by atoms with E-state index in [0.717, 1.165) is 44.2 Å². The molecule has 4 nitrogen and oxygen atoms in total. The zero-order chi connectivity index (χ0) is 16.6. The average Bonchev–Trinajstić information content (AvgIpc) is 3.42. The number of carbonyl (C=O) groups is 1. The van der Waals surface area contributed by atoms with Crippen molar-refractivity contribution in [3.8, 4) is 5.88 Å². The van der Waals surface area contributed by atoms with Gasteiger partial charge in [-0.1, -0.05) is 30.3 Å². The molecular formula is C20H22N2O2. The van der Waals surface area contributed by atoms with Crippen LogP contribution < -0.4 is 10.1 Å². The van der Waals surface area contributed by atoms with Gasteiger partial charge in [0.05, 0.1) is 12.6 Å². The number of amides is 1. The van der Waals surface area contributed by atoms with Crippen molar-refractivity contribution >= 4 is 5.91 Å². The molecule has 124 valence electrons. The van der Waals surface area contributed by atoms with Gasteiger partial charge in [0.15, 0.2) is 0 Å². The van der Waals surface area contributed by atoms with E-state index >= 15 is 0 Å². The Morgan fingerprint density at radius 1 is 1.17 bits per heavy atom. The third kappa shape index (κ3) is 2.66. The number of ether oxygens (including phenoxy) is 1. The van der Waals surface area contributed by atoms with Gasteiger partial charge < -0.3 is 10.1 Å². The molecule has 1 saturated carbocycles. The Bertz CT molecular complexity index is 767. The van der Waals surface area contributed by atoms with Crippen molar-refractivity contribution in [3.63, 3.8) is 0 Å². The van der Waals surface area contributed by atoms with E-state index in [1.165, 1.54) is 11.1 Å². The van der Waals surface area contributed by atoms with Crippen LogP contribution in [0, 0.1) is 0 Å². The fraction of sp³-hybridized carbons (Fsp3) is 0.400. The summed E-state index contributed by atoms with van der Waals surface area (Å²) in [6.45, 7) is 0. The highest BCUT2D eigenvalue weighted by Gasteiger charge is 2.46. The number of pyridine rings is 1. The lowest BCUT2D eigenvalue weighted by molar-refractivity contribution is 0.0926. The molecule has 1 amide bonds. The number of hydrogen-bond acceptors (Lipinski definition) is 3. The summed E-state index contributed by atoms with van der Waals surface area (Å²) < 4.78 is 5.40. The maximum Gasteiger partial charge on any atom is 0.257 e. The van der Waals surface area contributed by atoms with Gasteiger partial charge in [0, 0.05) is 5.69 Å². The van der Waals surface area contributed by atoms with Crippen molar-refractivity contribution in [1.82, 2.24) is 10.3 Å². The SMILES string of the molecule is COc1nc2c(cc1C(=O)NC1(c3ccccc3)CC1)CCCC2. The summed E-state index contributed by atoms with van der Waals surface area (Å²) in [4.78, 5) is 17.5. The van der Waals surface area contributed by atoms with Crippen LogP contribution in [0.3, 0.4) is 0 Å². The summed E-state index contributed by atoms with van der Waals surface area (Å²) in [6.07, 6.45) is 6.24. The highest BCUT2D eigenvalue weighted by molar-refractivity contribution is 5.97. The summed E-state index contributed by atoms with van der Waals surface area (Å²) in [6, 6.07) is 12.2. The molecular weight excluding hydrogens is 300 g/mol. The molecule has 1 N–H and O–H groups in total. The standard InChI is InChI=1S/C20H22N2O2/c1-24-19-16(13-14-7-5-6-10-17(14)21-19)18(23)22-20(11-12-20)15-8-3-2-4-9-15/h2-4,8-9,13H,5-7,10-12H2,1H3,(H,22,23). The van der Waals surface area contributed by atoms with Crippen LogP contribution in [0.2, 0.25) is 0 Å². The summed E-state index contributed by atoms with van der Waals surface area (Å²) in [5, 5.41) is 3.22. The molecule has 0 spiro atoms. The number of fused-ring (bicyclic) bond motifs is 1. The maximum absolute atomic E-state index is 12.9. The molecule has 1 aromatic carbocycles. The molecule has 0 saturated heterocycles. The number of methoxy groups -OCH3 is 1. The van der Waals surface area contributed by atoms with Gasteiger partial charge in [0.2, 0.25) is 5.88 Å². The normalized spacial score (nSPS) is 17.7. The minimum absolute atomic E-state index is 0.0888. The van der Waals surface area contributed by atoms with E-state index in [-0.39, 0.29) is 11.4 Å². The molecule has 1 heterocycles. The van der Waals surface area contributed by atoms with Crippen LogP contribution in [-0.2, 0) is 18.4 Å². The first-order valence-corrected chi connectivity index (χ1v) is 8.67. The number of nitrogens with zero attached hydrogens (tertiary/aromatic N) is 1. The van der Waals surface area contributed by atoms with E-state index in [2.05, 4.69) is 22.4 Å². The molecule has 0 bridgehead atoms. The Hall–Kier alpha value is -2.36. The number of nitrogens with one attached hydrogen (secondary N) is 1. The van der Waals surface area contributed by atoms with Crippen LogP contribution >= 0.6 is 0 Å². The maximum atomic E-state index is 12.9. The molecule has 4 heteroatoms. The van der Waals surface area contributed by atoms with Gasteiger partial charge in [-0.25, -0.2) is 4.98 Å². The van der Waals surface area contributed by atoms with Gasteiger partial charge in [-0.15, -0.1) is 0 Å². The van der Waals surface area contributed by atoms with Crippen molar-refractivity contribution < 1.29 is 9.53 Å². The monoisotopic (exact) mass is 322 g/mol. The summed E-state index contributed by atoms with van der Waals surface area (Å²) >= 11 is 0. The van der Waals surface area contributed by atoms with Crippen molar-refractivity contribution in [3.05, 3.63) is 58.8 Å². The van der Waals surface area contributed by atoms with Gasteiger partial charge in [-0.2, -0.15) is 0 Å². The lowest BCUT2D eigenvalue weighted by Crippen LogP contribution is -2.35. The fourth-order valence-corrected chi connectivity index (χ4v) is 3.59. The summed E-state index contributed by atoms with van der Waals surface area (Å²) in [5.41, 5.74) is 3.78.